The van der Waals surface area contributed by atoms with Crippen molar-refractivity contribution in [2.45, 2.75) is 44.6 Å². The lowest BCUT2D eigenvalue weighted by atomic mass is 10.1. The standard InChI is InChI=1S/C18H23N3O4/c1-4-21-17(23)12-8-6-5-7-11(12)15(19-21)18(24)20(2)13-9-10-14(25-3)16(13)22/h5-8,13-14,16,22H,4,9-10H2,1-3H3/t13-,14-,16-/m1/s1. The quantitative estimate of drug-likeness (QED) is 0.894. The molecule has 1 aliphatic carbocycles. The van der Waals surface area contributed by atoms with Crippen LogP contribution in [0.4, 0.5) is 0 Å². The number of amides is 1. The molecule has 1 N–H and O–H groups in total. The minimum Gasteiger partial charge on any atom is -0.388 e. The van der Waals surface area contributed by atoms with Crippen LogP contribution in [-0.4, -0.2) is 58.1 Å². The van der Waals surface area contributed by atoms with Crippen LogP contribution in [0.5, 0.6) is 0 Å². The Kier molecular flexibility index (Phi) is 4.87. The number of hydrogen-bond acceptors (Lipinski definition) is 5. The zero-order valence-electron chi connectivity index (χ0n) is 14.7. The average molecular weight is 345 g/mol. The van der Waals surface area contributed by atoms with Crippen molar-refractivity contribution in [3.05, 3.63) is 40.3 Å². The summed E-state index contributed by atoms with van der Waals surface area (Å²) in [5, 5.41) is 15.7. The molecule has 1 amide bonds. The summed E-state index contributed by atoms with van der Waals surface area (Å²) in [5.41, 5.74) is 0.0188. The number of nitrogens with zero attached hydrogens (tertiary/aromatic N) is 3. The highest BCUT2D eigenvalue weighted by Crippen LogP contribution is 2.27. The topological polar surface area (TPSA) is 84.7 Å². The van der Waals surface area contributed by atoms with Crippen LogP contribution in [-0.2, 0) is 11.3 Å². The summed E-state index contributed by atoms with van der Waals surface area (Å²) in [4.78, 5) is 27.0. The molecule has 0 bridgehead atoms. The molecule has 1 aromatic heterocycles. The monoisotopic (exact) mass is 345 g/mol. The molecule has 1 saturated carbocycles. The predicted octanol–water partition coefficient (Wildman–Crippen LogP) is 1.03. The number of rotatable bonds is 4. The number of methoxy groups -OCH3 is 1. The molecule has 1 aromatic carbocycles. The van der Waals surface area contributed by atoms with E-state index in [-0.39, 0.29) is 29.3 Å². The zero-order valence-corrected chi connectivity index (χ0v) is 14.7. The van der Waals surface area contributed by atoms with Gasteiger partial charge in [-0.05, 0) is 25.8 Å². The second kappa shape index (κ2) is 6.93. The Morgan fingerprint density at radius 3 is 2.64 bits per heavy atom. The molecule has 0 aliphatic heterocycles. The van der Waals surface area contributed by atoms with Crippen molar-refractivity contribution in [1.29, 1.82) is 0 Å². The summed E-state index contributed by atoms with van der Waals surface area (Å²) in [7, 11) is 3.22. The van der Waals surface area contributed by atoms with Crippen molar-refractivity contribution >= 4 is 16.7 Å². The molecule has 1 aliphatic rings. The van der Waals surface area contributed by atoms with E-state index in [1.54, 1.807) is 38.4 Å². The molecule has 7 nitrogen and oxygen atoms in total. The maximum absolute atomic E-state index is 13.1. The summed E-state index contributed by atoms with van der Waals surface area (Å²) in [6.45, 7) is 2.19. The van der Waals surface area contributed by atoms with Gasteiger partial charge in [0.05, 0.1) is 17.5 Å². The summed E-state index contributed by atoms with van der Waals surface area (Å²) in [6, 6.07) is 6.65. The van der Waals surface area contributed by atoms with Gasteiger partial charge in [-0.1, -0.05) is 18.2 Å². The largest absolute Gasteiger partial charge is 0.388 e. The van der Waals surface area contributed by atoms with E-state index in [0.29, 0.717) is 30.2 Å². The van der Waals surface area contributed by atoms with Crippen LogP contribution in [0, 0.1) is 0 Å². The van der Waals surface area contributed by atoms with Gasteiger partial charge in [0.2, 0.25) is 0 Å². The third-order valence-electron chi connectivity index (χ3n) is 5.01. The highest BCUT2D eigenvalue weighted by Gasteiger charge is 2.39. The molecule has 25 heavy (non-hydrogen) atoms. The number of carbonyl (C=O) groups is 1. The van der Waals surface area contributed by atoms with Crippen LogP contribution >= 0.6 is 0 Å². The fourth-order valence-electron chi connectivity index (χ4n) is 3.53. The fraction of sp³-hybridized carbons (Fsp3) is 0.500. The van der Waals surface area contributed by atoms with Crippen molar-refractivity contribution in [2.75, 3.05) is 14.2 Å². The highest BCUT2D eigenvalue weighted by molar-refractivity contribution is 6.04. The van der Waals surface area contributed by atoms with Crippen molar-refractivity contribution in [3.63, 3.8) is 0 Å². The van der Waals surface area contributed by atoms with Gasteiger partial charge in [-0.2, -0.15) is 5.10 Å². The predicted molar refractivity (Wildman–Crippen MR) is 93.6 cm³/mol. The molecule has 1 fully saturated rings. The molecule has 0 radical (unpaired) electrons. The number of carbonyl (C=O) groups excluding carboxylic acids is 1. The van der Waals surface area contributed by atoms with Crippen LogP contribution in [0.2, 0.25) is 0 Å². The average Bonchev–Trinajstić information content (AvgIpc) is 3.01. The lowest BCUT2D eigenvalue weighted by molar-refractivity contribution is -0.0157. The van der Waals surface area contributed by atoms with Gasteiger partial charge in [0, 0.05) is 26.1 Å². The number of hydrogen-bond donors (Lipinski definition) is 1. The Hall–Kier alpha value is -2.25. The Morgan fingerprint density at radius 1 is 1.36 bits per heavy atom. The molecular formula is C18H23N3O4. The van der Waals surface area contributed by atoms with E-state index in [0.717, 1.165) is 0 Å². The van der Waals surface area contributed by atoms with Crippen molar-refractivity contribution < 1.29 is 14.6 Å². The number of aliphatic hydroxyl groups excluding tert-OH is 1. The first kappa shape index (κ1) is 17.6. The molecule has 3 rings (SSSR count). The summed E-state index contributed by atoms with van der Waals surface area (Å²) in [6.07, 6.45) is 0.354. The maximum atomic E-state index is 13.1. The fourth-order valence-corrected chi connectivity index (χ4v) is 3.53. The molecule has 0 saturated heterocycles. The van der Waals surface area contributed by atoms with Crippen LogP contribution in [0.25, 0.3) is 10.8 Å². The normalized spacial score (nSPS) is 23.1. The summed E-state index contributed by atoms with van der Waals surface area (Å²) < 4.78 is 6.56. The third-order valence-corrected chi connectivity index (χ3v) is 5.01. The Labute approximate surface area is 145 Å². The van der Waals surface area contributed by atoms with Gasteiger partial charge >= 0.3 is 0 Å². The number of benzene rings is 1. The first-order chi connectivity index (χ1) is 12.0. The van der Waals surface area contributed by atoms with Crippen molar-refractivity contribution in [2.24, 2.45) is 0 Å². The highest BCUT2D eigenvalue weighted by atomic mass is 16.5. The van der Waals surface area contributed by atoms with Gasteiger partial charge in [0.1, 0.15) is 6.10 Å². The van der Waals surface area contributed by atoms with Gasteiger partial charge in [-0.15, -0.1) is 0 Å². The first-order valence-electron chi connectivity index (χ1n) is 8.47. The van der Waals surface area contributed by atoms with Crippen LogP contribution < -0.4 is 5.56 Å². The molecule has 0 unspecified atom stereocenters. The first-order valence-corrected chi connectivity index (χ1v) is 8.47. The third kappa shape index (κ3) is 2.94. The van der Waals surface area contributed by atoms with Crippen molar-refractivity contribution in [3.8, 4) is 0 Å². The zero-order chi connectivity index (χ0) is 18.1. The van der Waals surface area contributed by atoms with Gasteiger partial charge in [-0.3, -0.25) is 9.59 Å². The van der Waals surface area contributed by atoms with E-state index in [2.05, 4.69) is 5.10 Å². The van der Waals surface area contributed by atoms with Gasteiger partial charge < -0.3 is 14.7 Å². The van der Waals surface area contributed by atoms with Crippen LogP contribution in [0.15, 0.2) is 29.1 Å². The second-order valence-electron chi connectivity index (χ2n) is 6.34. The van der Waals surface area contributed by atoms with Gasteiger partial charge in [0.15, 0.2) is 5.69 Å². The van der Waals surface area contributed by atoms with E-state index >= 15 is 0 Å². The van der Waals surface area contributed by atoms with Gasteiger partial charge in [-0.25, -0.2) is 4.68 Å². The molecule has 134 valence electrons. The minimum atomic E-state index is -0.734. The molecule has 1 heterocycles. The number of likely N-dealkylation sites (N-methyl/N-ethyl adjacent to an activating group) is 1. The van der Waals surface area contributed by atoms with E-state index in [1.165, 1.54) is 9.58 Å². The number of ether oxygens (including phenoxy) is 1. The molecular weight excluding hydrogens is 322 g/mol. The van der Waals surface area contributed by atoms with E-state index in [1.807, 2.05) is 6.92 Å². The number of aryl methyl sites for hydroxylation is 1. The van der Waals surface area contributed by atoms with E-state index < -0.39 is 6.10 Å². The second-order valence-corrected chi connectivity index (χ2v) is 6.34. The lowest BCUT2D eigenvalue weighted by Crippen LogP contribution is -2.45. The van der Waals surface area contributed by atoms with Crippen LogP contribution in [0.3, 0.4) is 0 Å². The van der Waals surface area contributed by atoms with E-state index in [4.69, 9.17) is 4.74 Å². The molecule has 0 spiro atoms. The van der Waals surface area contributed by atoms with Crippen LogP contribution in [0.1, 0.15) is 30.3 Å². The maximum Gasteiger partial charge on any atom is 0.275 e. The lowest BCUT2D eigenvalue weighted by Gasteiger charge is -2.28. The summed E-state index contributed by atoms with van der Waals surface area (Å²) >= 11 is 0. The van der Waals surface area contributed by atoms with Crippen molar-refractivity contribution in [1.82, 2.24) is 14.7 Å². The summed E-state index contributed by atoms with van der Waals surface area (Å²) in [5.74, 6) is -0.306. The molecule has 2 aromatic rings. The van der Waals surface area contributed by atoms with Gasteiger partial charge in [0.25, 0.3) is 11.5 Å². The minimum absolute atomic E-state index is 0.211. The Balaban J connectivity index is 2.03. The molecule has 7 heteroatoms. The molecule has 3 atom stereocenters. The SMILES string of the molecule is CCn1nc(C(=O)N(C)[C@@H]2CC[C@@H](OC)[C@@H]2O)c2ccccc2c1=O. The number of aliphatic hydroxyl groups is 1. The smallest absolute Gasteiger partial charge is 0.275 e. The number of aromatic nitrogens is 2. The van der Waals surface area contributed by atoms with E-state index in [9.17, 15) is 14.7 Å². The number of fused-ring (bicyclic) bond motifs is 1. The Morgan fingerprint density at radius 2 is 2.04 bits per heavy atom. The Bertz CT molecular complexity index is 848.